The number of carbonyl (C=O) groups is 1. The van der Waals surface area contributed by atoms with Crippen molar-refractivity contribution in [3.05, 3.63) is 78.2 Å². The molecule has 2 aromatic heterocycles. The Morgan fingerprint density at radius 2 is 1.92 bits per heavy atom. The van der Waals surface area contributed by atoms with Crippen LogP contribution in [0.5, 0.6) is 11.6 Å². The van der Waals surface area contributed by atoms with Crippen molar-refractivity contribution < 1.29 is 9.53 Å². The van der Waals surface area contributed by atoms with Crippen molar-refractivity contribution in [2.75, 3.05) is 11.4 Å². The third-order valence-corrected chi connectivity index (χ3v) is 3.81. The van der Waals surface area contributed by atoms with E-state index in [9.17, 15) is 4.79 Å². The Hall–Kier alpha value is -3.21. The Balaban J connectivity index is 1.77. The van der Waals surface area contributed by atoms with E-state index in [2.05, 4.69) is 9.97 Å². The number of pyridine rings is 2. The molecule has 5 heteroatoms. The fourth-order valence-corrected chi connectivity index (χ4v) is 2.46. The summed E-state index contributed by atoms with van der Waals surface area (Å²) in [7, 11) is 0. The lowest BCUT2D eigenvalue weighted by molar-refractivity contribution is 0.0988. The highest BCUT2D eigenvalue weighted by atomic mass is 16.5. The Labute approximate surface area is 146 Å². The molecule has 0 fully saturated rings. The molecule has 0 saturated heterocycles. The predicted molar refractivity (Wildman–Crippen MR) is 97.1 cm³/mol. The van der Waals surface area contributed by atoms with Crippen LogP contribution in [0, 0.1) is 6.92 Å². The van der Waals surface area contributed by atoms with Gasteiger partial charge >= 0.3 is 0 Å². The lowest BCUT2D eigenvalue weighted by Crippen LogP contribution is -2.30. The van der Waals surface area contributed by atoms with Crippen molar-refractivity contribution >= 4 is 11.6 Å². The number of para-hydroxylation sites is 1. The van der Waals surface area contributed by atoms with Gasteiger partial charge in [0.2, 0.25) is 5.88 Å². The molecule has 0 saturated carbocycles. The van der Waals surface area contributed by atoms with E-state index in [4.69, 9.17) is 4.74 Å². The molecule has 126 valence electrons. The summed E-state index contributed by atoms with van der Waals surface area (Å²) in [5, 5.41) is 0. The zero-order chi connectivity index (χ0) is 17.6. The Bertz CT molecular complexity index is 848. The molecule has 0 spiro atoms. The van der Waals surface area contributed by atoms with E-state index >= 15 is 0 Å². The molecular formula is C20H19N3O2. The van der Waals surface area contributed by atoms with E-state index in [0.29, 0.717) is 18.0 Å². The van der Waals surface area contributed by atoms with E-state index in [0.717, 1.165) is 17.0 Å². The van der Waals surface area contributed by atoms with Gasteiger partial charge in [-0.2, -0.15) is 0 Å². The van der Waals surface area contributed by atoms with Crippen molar-refractivity contribution in [3.63, 3.8) is 0 Å². The van der Waals surface area contributed by atoms with E-state index in [1.165, 1.54) is 6.20 Å². The standard InChI is InChI=1S/C20H19N3O2/c1-3-23(17-8-6-12-21-14-17)20(24)16-10-11-19(22-13-16)25-18-9-5-4-7-15(18)2/h4-14H,3H2,1-2H3. The number of amides is 1. The summed E-state index contributed by atoms with van der Waals surface area (Å²) < 4.78 is 5.77. The number of nitrogens with zero attached hydrogens (tertiary/aromatic N) is 3. The van der Waals surface area contributed by atoms with E-state index in [1.807, 2.05) is 50.2 Å². The van der Waals surface area contributed by atoms with Gasteiger partial charge in [-0.15, -0.1) is 0 Å². The Morgan fingerprint density at radius 3 is 2.56 bits per heavy atom. The average Bonchev–Trinajstić information content (AvgIpc) is 2.66. The van der Waals surface area contributed by atoms with Crippen LogP contribution < -0.4 is 9.64 Å². The molecule has 0 aliphatic rings. The molecule has 0 unspecified atom stereocenters. The number of ether oxygens (including phenoxy) is 1. The predicted octanol–water partition coefficient (Wildman–Crippen LogP) is 4.24. The molecule has 25 heavy (non-hydrogen) atoms. The number of aromatic nitrogens is 2. The Kier molecular flexibility index (Phi) is 5.04. The first-order chi connectivity index (χ1) is 12.2. The van der Waals surface area contributed by atoms with Crippen LogP contribution in [0.4, 0.5) is 5.69 Å². The van der Waals surface area contributed by atoms with Gasteiger partial charge < -0.3 is 9.64 Å². The highest BCUT2D eigenvalue weighted by Crippen LogP contribution is 2.23. The van der Waals surface area contributed by atoms with Crippen LogP contribution in [-0.2, 0) is 0 Å². The van der Waals surface area contributed by atoms with Gasteiger partial charge in [-0.25, -0.2) is 4.98 Å². The van der Waals surface area contributed by atoms with Crippen molar-refractivity contribution in [1.82, 2.24) is 9.97 Å². The maximum absolute atomic E-state index is 12.7. The van der Waals surface area contributed by atoms with Crippen LogP contribution in [0.2, 0.25) is 0 Å². The van der Waals surface area contributed by atoms with Crippen LogP contribution in [0.25, 0.3) is 0 Å². The maximum atomic E-state index is 12.7. The lowest BCUT2D eigenvalue weighted by atomic mass is 10.2. The molecule has 0 radical (unpaired) electrons. The van der Waals surface area contributed by atoms with Crippen LogP contribution in [0.3, 0.4) is 0 Å². The van der Waals surface area contributed by atoms with Crippen molar-refractivity contribution in [2.24, 2.45) is 0 Å². The smallest absolute Gasteiger partial charge is 0.259 e. The SMILES string of the molecule is CCN(C(=O)c1ccc(Oc2ccccc2C)nc1)c1cccnc1. The van der Waals surface area contributed by atoms with Gasteiger partial charge in [-0.05, 0) is 43.7 Å². The van der Waals surface area contributed by atoms with Crippen LogP contribution in [-0.4, -0.2) is 22.4 Å². The van der Waals surface area contributed by atoms with Gasteiger partial charge in [0, 0.05) is 25.0 Å². The van der Waals surface area contributed by atoms with Gasteiger partial charge in [0.05, 0.1) is 17.4 Å². The monoisotopic (exact) mass is 333 g/mol. The maximum Gasteiger partial charge on any atom is 0.259 e. The Morgan fingerprint density at radius 1 is 1.08 bits per heavy atom. The first kappa shape index (κ1) is 16.6. The van der Waals surface area contributed by atoms with Crippen LogP contribution in [0.1, 0.15) is 22.8 Å². The largest absolute Gasteiger partial charge is 0.439 e. The van der Waals surface area contributed by atoms with Crippen LogP contribution in [0.15, 0.2) is 67.1 Å². The summed E-state index contributed by atoms with van der Waals surface area (Å²) in [5.74, 6) is 1.08. The summed E-state index contributed by atoms with van der Waals surface area (Å²) >= 11 is 0. The minimum absolute atomic E-state index is 0.120. The fourth-order valence-electron chi connectivity index (χ4n) is 2.46. The molecule has 5 nitrogen and oxygen atoms in total. The topological polar surface area (TPSA) is 55.3 Å². The highest BCUT2D eigenvalue weighted by molar-refractivity contribution is 6.05. The summed E-state index contributed by atoms with van der Waals surface area (Å²) in [5.41, 5.74) is 2.29. The normalized spacial score (nSPS) is 10.3. The number of benzene rings is 1. The molecule has 0 N–H and O–H groups in total. The second-order valence-corrected chi connectivity index (χ2v) is 5.51. The number of hydrogen-bond donors (Lipinski definition) is 0. The second-order valence-electron chi connectivity index (χ2n) is 5.51. The molecule has 3 aromatic rings. The quantitative estimate of drug-likeness (QED) is 0.700. The van der Waals surface area contributed by atoms with Gasteiger partial charge in [-0.3, -0.25) is 9.78 Å². The highest BCUT2D eigenvalue weighted by Gasteiger charge is 2.16. The number of hydrogen-bond acceptors (Lipinski definition) is 4. The van der Waals surface area contributed by atoms with Gasteiger partial charge in [0.15, 0.2) is 0 Å². The summed E-state index contributed by atoms with van der Waals surface area (Å²) in [6, 6.07) is 14.8. The molecule has 0 aliphatic carbocycles. The van der Waals surface area contributed by atoms with Crippen LogP contribution >= 0.6 is 0 Å². The molecule has 1 amide bonds. The second kappa shape index (κ2) is 7.57. The molecule has 3 rings (SSSR count). The first-order valence-corrected chi connectivity index (χ1v) is 8.10. The van der Waals surface area contributed by atoms with Crippen molar-refractivity contribution in [1.29, 1.82) is 0 Å². The summed E-state index contributed by atoms with van der Waals surface area (Å²) in [4.78, 5) is 22.7. The zero-order valence-electron chi connectivity index (χ0n) is 14.2. The molecule has 0 aliphatic heterocycles. The average molecular weight is 333 g/mol. The summed E-state index contributed by atoms with van der Waals surface area (Å²) in [6.07, 6.45) is 4.89. The van der Waals surface area contributed by atoms with Gasteiger partial charge in [-0.1, -0.05) is 18.2 Å². The number of anilines is 1. The fraction of sp³-hybridized carbons (Fsp3) is 0.150. The summed E-state index contributed by atoms with van der Waals surface area (Å²) in [6.45, 7) is 4.44. The third-order valence-electron chi connectivity index (χ3n) is 3.81. The van der Waals surface area contributed by atoms with E-state index in [-0.39, 0.29) is 5.91 Å². The minimum Gasteiger partial charge on any atom is -0.439 e. The molecule has 1 aromatic carbocycles. The molecule has 2 heterocycles. The molecular weight excluding hydrogens is 314 g/mol. The van der Waals surface area contributed by atoms with Gasteiger partial charge in [0.25, 0.3) is 5.91 Å². The molecule has 0 atom stereocenters. The minimum atomic E-state index is -0.120. The van der Waals surface area contributed by atoms with Crippen molar-refractivity contribution in [2.45, 2.75) is 13.8 Å². The van der Waals surface area contributed by atoms with Crippen molar-refractivity contribution in [3.8, 4) is 11.6 Å². The zero-order valence-corrected chi connectivity index (χ0v) is 14.2. The number of aryl methyl sites for hydroxylation is 1. The third kappa shape index (κ3) is 3.83. The lowest BCUT2D eigenvalue weighted by Gasteiger charge is -2.20. The van der Waals surface area contributed by atoms with E-state index < -0.39 is 0 Å². The molecule has 0 bridgehead atoms. The van der Waals surface area contributed by atoms with Gasteiger partial charge in [0.1, 0.15) is 5.75 Å². The number of rotatable bonds is 5. The van der Waals surface area contributed by atoms with E-state index in [1.54, 1.807) is 29.4 Å². The number of carbonyl (C=O) groups excluding carboxylic acids is 1. The first-order valence-electron chi connectivity index (χ1n) is 8.10.